The van der Waals surface area contributed by atoms with Crippen LogP contribution in [0.5, 0.6) is 0 Å². The minimum Gasteiger partial charge on any atom is -0.352 e. The highest BCUT2D eigenvalue weighted by Crippen LogP contribution is 2.36. The Morgan fingerprint density at radius 3 is 2.62 bits per heavy atom. The zero-order chi connectivity index (χ0) is 11.5. The monoisotopic (exact) mass is 214 g/mol. The lowest BCUT2D eigenvalue weighted by Crippen LogP contribution is -2.25. The third kappa shape index (κ3) is 2.40. The van der Waals surface area contributed by atoms with E-state index in [1.807, 2.05) is 6.07 Å². The predicted molar refractivity (Wildman–Crippen MR) is 60.8 cm³/mol. The van der Waals surface area contributed by atoms with Gasteiger partial charge in [0, 0.05) is 12.1 Å². The fourth-order valence-corrected chi connectivity index (χ4v) is 1.71. The summed E-state index contributed by atoms with van der Waals surface area (Å²) in [5.41, 5.74) is 1.19. The summed E-state index contributed by atoms with van der Waals surface area (Å²) in [5, 5.41) is 11.5. The van der Waals surface area contributed by atoms with Crippen molar-refractivity contribution in [3.8, 4) is 6.07 Å². The number of nitriles is 1. The van der Waals surface area contributed by atoms with Crippen molar-refractivity contribution in [1.29, 1.82) is 5.26 Å². The first-order valence-corrected chi connectivity index (χ1v) is 5.49. The molecule has 1 aromatic carbocycles. The first-order valence-electron chi connectivity index (χ1n) is 5.49. The Morgan fingerprint density at radius 1 is 1.50 bits per heavy atom. The molecule has 1 saturated carbocycles. The lowest BCUT2D eigenvalue weighted by molar-refractivity contribution is 0.0951. The van der Waals surface area contributed by atoms with E-state index in [0.29, 0.717) is 17.0 Å². The lowest BCUT2D eigenvalue weighted by atomic mass is 10.1. The highest BCUT2D eigenvalue weighted by Gasteiger charge is 2.32. The molecule has 0 saturated heterocycles. The molecule has 0 radical (unpaired) electrons. The SMILES string of the molecule is CC1CC1CNC(=O)c1ccc(C#N)cc1. The molecule has 0 aromatic heterocycles. The zero-order valence-corrected chi connectivity index (χ0v) is 9.23. The molecule has 16 heavy (non-hydrogen) atoms. The van der Waals surface area contributed by atoms with Gasteiger partial charge in [-0.15, -0.1) is 0 Å². The minimum atomic E-state index is -0.0522. The molecule has 0 spiro atoms. The maximum atomic E-state index is 11.7. The zero-order valence-electron chi connectivity index (χ0n) is 9.23. The van der Waals surface area contributed by atoms with Crippen LogP contribution < -0.4 is 5.32 Å². The van der Waals surface area contributed by atoms with Crippen LogP contribution in [0.25, 0.3) is 0 Å². The van der Waals surface area contributed by atoms with Gasteiger partial charge in [-0.05, 0) is 42.5 Å². The number of nitrogens with one attached hydrogen (secondary N) is 1. The van der Waals surface area contributed by atoms with Gasteiger partial charge in [-0.3, -0.25) is 4.79 Å². The van der Waals surface area contributed by atoms with Gasteiger partial charge < -0.3 is 5.32 Å². The number of benzene rings is 1. The van der Waals surface area contributed by atoms with Crippen LogP contribution in [-0.4, -0.2) is 12.5 Å². The standard InChI is InChI=1S/C13H14N2O/c1-9-6-12(9)8-15-13(16)11-4-2-10(7-14)3-5-11/h2-5,9,12H,6,8H2,1H3,(H,15,16). The van der Waals surface area contributed by atoms with E-state index < -0.39 is 0 Å². The van der Waals surface area contributed by atoms with Crippen molar-refractivity contribution in [1.82, 2.24) is 5.32 Å². The second-order valence-electron chi connectivity index (χ2n) is 4.37. The van der Waals surface area contributed by atoms with Gasteiger partial charge in [-0.1, -0.05) is 6.92 Å². The molecule has 1 fully saturated rings. The largest absolute Gasteiger partial charge is 0.352 e. The topological polar surface area (TPSA) is 52.9 Å². The highest BCUT2D eigenvalue weighted by atomic mass is 16.1. The molecule has 0 bridgehead atoms. The first kappa shape index (κ1) is 10.7. The van der Waals surface area contributed by atoms with Crippen molar-refractivity contribution in [2.24, 2.45) is 11.8 Å². The van der Waals surface area contributed by atoms with Crippen molar-refractivity contribution in [2.45, 2.75) is 13.3 Å². The summed E-state index contributed by atoms with van der Waals surface area (Å²) in [6.07, 6.45) is 1.22. The van der Waals surface area contributed by atoms with Gasteiger partial charge in [0.25, 0.3) is 5.91 Å². The van der Waals surface area contributed by atoms with Crippen molar-refractivity contribution < 1.29 is 4.79 Å². The summed E-state index contributed by atoms with van der Waals surface area (Å²) < 4.78 is 0. The molecule has 1 aliphatic rings. The van der Waals surface area contributed by atoms with E-state index in [1.54, 1.807) is 24.3 Å². The third-order valence-electron chi connectivity index (χ3n) is 3.08. The smallest absolute Gasteiger partial charge is 0.251 e. The molecule has 0 heterocycles. The van der Waals surface area contributed by atoms with Crippen LogP contribution in [0.1, 0.15) is 29.3 Å². The van der Waals surface area contributed by atoms with Crippen LogP contribution in [-0.2, 0) is 0 Å². The van der Waals surface area contributed by atoms with E-state index in [2.05, 4.69) is 12.2 Å². The summed E-state index contributed by atoms with van der Waals surface area (Å²) >= 11 is 0. The number of amides is 1. The highest BCUT2D eigenvalue weighted by molar-refractivity contribution is 5.94. The van der Waals surface area contributed by atoms with Crippen molar-refractivity contribution in [3.05, 3.63) is 35.4 Å². The van der Waals surface area contributed by atoms with Crippen LogP contribution in [0, 0.1) is 23.2 Å². The van der Waals surface area contributed by atoms with E-state index in [9.17, 15) is 4.79 Å². The second-order valence-corrected chi connectivity index (χ2v) is 4.37. The molecule has 1 amide bonds. The summed E-state index contributed by atoms with van der Waals surface area (Å²) in [6, 6.07) is 8.72. The van der Waals surface area contributed by atoms with Gasteiger partial charge in [0.2, 0.25) is 0 Å². The Bertz CT molecular complexity index is 430. The molecule has 2 atom stereocenters. The second kappa shape index (κ2) is 4.36. The molecule has 1 N–H and O–H groups in total. The summed E-state index contributed by atoms with van der Waals surface area (Å²) in [6.45, 7) is 2.96. The molecule has 3 heteroatoms. The molecule has 0 aliphatic heterocycles. The van der Waals surface area contributed by atoms with Gasteiger partial charge >= 0.3 is 0 Å². The van der Waals surface area contributed by atoms with Crippen molar-refractivity contribution in [3.63, 3.8) is 0 Å². The van der Waals surface area contributed by atoms with Crippen molar-refractivity contribution >= 4 is 5.91 Å². The summed E-state index contributed by atoms with van der Waals surface area (Å²) in [5.74, 6) is 1.35. The molecular weight excluding hydrogens is 200 g/mol. The Labute approximate surface area is 95.1 Å². The molecule has 2 rings (SSSR count). The Balaban J connectivity index is 1.90. The Kier molecular flexibility index (Phi) is 2.91. The lowest BCUT2D eigenvalue weighted by Gasteiger charge is -2.04. The van der Waals surface area contributed by atoms with E-state index in [1.165, 1.54) is 6.42 Å². The minimum absolute atomic E-state index is 0.0522. The molecule has 1 aliphatic carbocycles. The maximum Gasteiger partial charge on any atom is 0.251 e. The normalized spacial score (nSPS) is 22.2. The Morgan fingerprint density at radius 2 is 2.12 bits per heavy atom. The molecular formula is C13H14N2O. The quantitative estimate of drug-likeness (QED) is 0.836. The van der Waals surface area contributed by atoms with Gasteiger partial charge in [-0.2, -0.15) is 5.26 Å². The predicted octanol–water partition coefficient (Wildman–Crippen LogP) is 1.94. The van der Waals surface area contributed by atoms with Crippen LogP contribution >= 0.6 is 0 Å². The van der Waals surface area contributed by atoms with Crippen LogP contribution in [0.2, 0.25) is 0 Å². The fourth-order valence-electron chi connectivity index (χ4n) is 1.71. The average Bonchev–Trinajstić information content (AvgIpc) is 3.02. The summed E-state index contributed by atoms with van der Waals surface area (Å²) in [7, 11) is 0. The average molecular weight is 214 g/mol. The first-order chi connectivity index (χ1) is 7.70. The van der Waals surface area contributed by atoms with E-state index in [4.69, 9.17) is 5.26 Å². The summed E-state index contributed by atoms with van der Waals surface area (Å²) in [4.78, 5) is 11.7. The molecule has 82 valence electrons. The molecule has 1 aromatic rings. The number of carbonyl (C=O) groups excluding carboxylic acids is 1. The number of rotatable bonds is 3. The fraction of sp³-hybridized carbons (Fsp3) is 0.385. The van der Waals surface area contributed by atoms with Crippen LogP contribution in [0.15, 0.2) is 24.3 Å². The van der Waals surface area contributed by atoms with Gasteiger partial charge in [-0.25, -0.2) is 0 Å². The molecule has 3 nitrogen and oxygen atoms in total. The number of carbonyl (C=O) groups is 1. The third-order valence-corrected chi connectivity index (χ3v) is 3.08. The maximum absolute atomic E-state index is 11.7. The van der Waals surface area contributed by atoms with Gasteiger partial charge in [0.05, 0.1) is 11.6 Å². The van der Waals surface area contributed by atoms with Crippen LogP contribution in [0.4, 0.5) is 0 Å². The van der Waals surface area contributed by atoms with Gasteiger partial charge in [0.1, 0.15) is 0 Å². The Hall–Kier alpha value is -1.82. The number of hydrogen-bond acceptors (Lipinski definition) is 2. The van der Waals surface area contributed by atoms with Gasteiger partial charge in [0.15, 0.2) is 0 Å². The van der Waals surface area contributed by atoms with Crippen molar-refractivity contribution in [2.75, 3.05) is 6.54 Å². The number of hydrogen-bond donors (Lipinski definition) is 1. The van der Waals surface area contributed by atoms with E-state index in [0.717, 1.165) is 12.5 Å². The van der Waals surface area contributed by atoms with Crippen LogP contribution in [0.3, 0.4) is 0 Å². The van der Waals surface area contributed by atoms with E-state index in [-0.39, 0.29) is 5.91 Å². The number of nitrogens with zero attached hydrogens (tertiary/aromatic N) is 1. The van der Waals surface area contributed by atoms with E-state index >= 15 is 0 Å². The molecule has 2 unspecified atom stereocenters.